The van der Waals surface area contributed by atoms with Crippen LogP contribution in [0.5, 0.6) is 0 Å². The van der Waals surface area contributed by atoms with Crippen LogP contribution >= 0.6 is 0 Å². The second kappa shape index (κ2) is 9.84. The third-order valence-corrected chi connectivity index (χ3v) is 0.934. The van der Waals surface area contributed by atoms with Crippen LogP contribution in [0.4, 0.5) is 0 Å². The number of hydrogen-bond donors (Lipinski definition) is 0. The van der Waals surface area contributed by atoms with E-state index in [2.05, 4.69) is 25.3 Å². The average Bonchev–Trinajstić information content (AvgIpc) is 2.43. The van der Waals surface area contributed by atoms with Gasteiger partial charge >= 0.3 is 0 Å². The van der Waals surface area contributed by atoms with Gasteiger partial charge in [0.1, 0.15) is 0 Å². The molecule has 0 spiro atoms. The number of rotatable bonds is 1. The summed E-state index contributed by atoms with van der Waals surface area (Å²) in [4.78, 5) is 0. The monoisotopic (exact) mass is 223 g/mol. The summed E-state index contributed by atoms with van der Waals surface area (Å²) in [5, 5.41) is 0. The summed E-state index contributed by atoms with van der Waals surface area (Å²) in [6, 6.07) is 0. The molecule has 0 nitrogen and oxygen atoms in total. The van der Waals surface area contributed by atoms with Crippen LogP contribution in [0.25, 0.3) is 0 Å². The summed E-state index contributed by atoms with van der Waals surface area (Å²) < 4.78 is 0. The van der Waals surface area contributed by atoms with E-state index < -0.39 is 0 Å². The third-order valence-electron chi connectivity index (χ3n) is 0.934. The molecule has 1 rings (SSSR count). The van der Waals surface area contributed by atoms with E-state index in [4.69, 9.17) is 0 Å². The largest absolute Gasteiger partial charge is 0.273 e. The molecule has 1 aliphatic rings. The van der Waals surface area contributed by atoms with E-state index >= 15 is 0 Å². The van der Waals surface area contributed by atoms with Gasteiger partial charge in [-0.05, 0) is 6.92 Å². The van der Waals surface area contributed by atoms with Gasteiger partial charge in [-0.1, -0.05) is 24.8 Å². The number of allylic oxidation sites excluding steroid dienone is 6. The van der Waals surface area contributed by atoms with E-state index in [1.807, 2.05) is 19.1 Å². The minimum atomic E-state index is 0. The molecule has 0 heterocycles. The SMILES string of the molecule is C=CC(=C)C.[C-]1=CC=CC1.[Zr]. The molecule has 0 radical (unpaired) electrons. The van der Waals surface area contributed by atoms with Crippen LogP contribution in [-0.4, -0.2) is 0 Å². The molecule has 0 aromatic heterocycles. The molecule has 1 heteroatoms. The standard InChI is InChI=1S/C5H5.C5H8.Zr/c1-2-4-5-3-1;1-4-5(2)3;/h1-3H,4H2;4H,1-2H2,3H3;/q-1;;. The van der Waals surface area contributed by atoms with Gasteiger partial charge in [-0.3, -0.25) is 6.08 Å². The molecule has 0 aromatic carbocycles. The second-order valence-corrected chi connectivity index (χ2v) is 2.05. The molecule has 58 valence electrons. The molecule has 11 heavy (non-hydrogen) atoms. The van der Waals surface area contributed by atoms with Crippen molar-refractivity contribution in [1.29, 1.82) is 0 Å². The van der Waals surface area contributed by atoms with Gasteiger partial charge in [-0.15, -0.1) is 6.42 Å². The summed E-state index contributed by atoms with van der Waals surface area (Å²) >= 11 is 0. The zero-order chi connectivity index (χ0) is 7.82. The Bertz CT molecular complexity index is 154. The smallest absolute Gasteiger partial charge is 0 e. The molecule has 0 saturated heterocycles. The van der Waals surface area contributed by atoms with Gasteiger partial charge in [-0.25, -0.2) is 12.2 Å². The van der Waals surface area contributed by atoms with Crippen LogP contribution < -0.4 is 0 Å². The molecule has 1 aliphatic carbocycles. The summed E-state index contributed by atoms with van der Waals surface area (Å²) in [7, 11) is 0. The van der Waals surface area contributed by atoms with Crippen molar-refractivity contribution in [1.82, 2.24) is 0 Å². The maximum absolute atomic E-state index is 3.56. The van der Waals surface area contributed by atoms with Gasteiger partial charge in [-0.2, -0.15) is 6.08 Å². The quantitative estimate of drug-likeness (QED) is 0.474. The molecule has 0 N–H and O–H groups in total. The fraction of sp³-hybridized carbons (Fsp3) is 0.200. The summed E-state index contributed by atoms with van der Waals surface area (Å²) in [5.74, 6) is 0. The van der Waals surface area contributed by atoms with Crippen molar-refractivity contribution < 1.29 is 26.2 Å². The second-order valence-electron chi connectivity index (χ2n) is 2.05. The zero-order valence-electron chi connectivity index (χ0n) is 6.93. The predicted molar refractivity (Wildman–Crippen MR) is 46.6 cm³/mol. The minimum Gasteiger partial charge on any atom is -0.273 e. The van der Waals surface area contributed by atoms with Crippen LogP contribution in [0.2, 0.25) is 0 Å². The molecule has 0 bridgehead atoms. The molecule has 0 aromatic rings. The Morgan fingerprint density at radius 1 is 1.64 bits per heavy atom. The first kappa shape index (κ1) is 13.4. The molecule has 0 aliphatic heterocycles. The Morgan fingerprint density at radius 3 is 2.27 bits per heavy atom. The Balaban J connectivity index is 0. The summed E-state index contributed by atoms with van der Waals surface area (Å²) in [6.45, 7) is 8.93. The first-order valence-electron chi connectivity index (χ1n) is 3.27. The van der Waals surface area contributed by atoms with Crippen LogP contribution in [0.1, 0.15) is 13.3 Å². The van der Waals surface area contributed by atoms with Gasteiger partial charge < -0.3 is 0 Å². The molecule has 0 atom stereocenters. The van der Waals surface area contributed by atoms with Crippen molar-refractivity contribution in [2.45, 2.75) is 13.3 Å². The zero-order valence-corrected chi connectivity index (χ0v) is 9.39. The van der Waals surface area contributed by atoms with Crippen molar-refractivity contribution in [3.8, 4) is 0 Å². The Hall–Kier alpha value is -0.157. The van der Waals surface area contributed by atoms with E-state index in [0.717, 1.165) is 12.0 Å². The predicted octanol–water partition coefficient (Wildman–Crippen LogP) is 3.05. The van der Waals surface area contributed by atoms with Crippen molar-refractivity contribution in [3.63, 3.8) is 0 Å². The fourth-order valence-electron chi connectivity index (χ4n) is 0.340. The van der Waals surface area contributed by atoms with E-state index in [1.165, 1.54) is 0 Å². The minimum absolute atomic E-state index is 0. The van der Waals surface area contributed by atoms with Gasteiger partial charge in [0.25, 0.3) is 0 Å². The molecular weight excluding hydrogens is 211 g/mol. The van der Waals surface area contributed by atoms with Gasteiger partial charge in [0, 0.05) is 26.2 Å². The van der Waals surface area contributed by atoms with Crippen molar-refractivity contribution in [2.75, 3.05) is 0 Å². The average molecular weight is 224 g/mol. The molecule has 0 unspecified atom stereocenters. The molecule has 0 saturated carbocycles. The maximum Gasteiger partial charge on any atom is 0 e. The van der Waals surface area contributed by atoms with E-state index in [9.17, 15) is 0 Å². The first-order valence-corrected chi connectivity index (χ1v) is 3.27. The topological polar surface area (TPSA) is 0 Å². The first-order chi connectivity index (χ1) is 4.77. The van der Waals surface area contributed by atoms with E-state index in [0.29, 0.717) is 0 Å². The number of hydrogen-bond acceptors (Lipinski definition) is 0. The van der Waals surface area contributed by atoms with Crippen molar-refractivity contribution >= 4 is 0 Å². The van der Waals surface area contributed by atoms with Gasteiger partial charge in [0.15, 0.2) is 0 Å². The van der Waals surface area contributed by atoms with Gasteiger partial charge in [0.2, 0.25) is 0 Å². The summed E-state index contributed by atoms with van der Waals surface area (Å²) in [5.41, 5.74) is 1.02. The van der Waals surface area contributed by atoms with Gasteiger partial charge in [0.05, 0.1) is 0 Å². The van der Waals surface area contributed by atoms with Crippen molar-refractivity contribution in [3.05, 3.63) is 49.1 Å². The van der Waals surface area contributed by atoms with Crippen LogP contribution in [-0.2, 0) is 26.2 Å². The normalized spacial score (nSPS) is 11.0. The Kier molecular flexibility index (Phi) is 12.0. The van der Waals surface area contributed by atoms with Crippen LogP contribution in [0.15, 0.2) is 43.0 Å². The Morgan fingerprint density at radius 2 is 2.18 bits per heavy atom. The molecular formula is C10H13Zr-. The molecule has 0 fully saturated rings. The van der Waals surface area contributed by atoms with Crippen LogP contribution in [0, 0.1) is 6.08 Å². The van der Waals surface area contributed by atoms with Crippen molar-refractivity contribution in [2.24, 2.45) is 0 Å². The van der Waals surface area contributed by atoms with E-state index in [1.54, 1.807) is 6.08 Å². The fourth-order valence-corrected chi connectivity index (χ4v) is 0.340. The van der Waals surface area contributed by atoms with Crippen LogP contribution in [0.3, 0.4) is 0 Å². The maximum atomic E-state index is 3.56. The molecule has 0 amide bonds. The Labute approximate surface area is 88.5 Å². The summed E-state index contributed by atoms with van der Waals surface area (Å²) in [6.07, 6.45) is 11.7. The third kappa shape index (κ3) is 12.9. The van der Waals surface area contributed by atoms with E-state index in [-0.39, 0.29) is 26.2 Å².